The number of rotatable bonds is 2. The molecule has 1 amide bonds. The number of carbonyl (C=O) groups excluding carboxylic acids is 1. The maximum absolute atomic E-state index is 12.5. The van der Waals surface area contributed by atoms with Crippen molar-refractivity contribution < 1.29 is 18.0 Å². The van der Waals surface area contributed by atoms with Gasteiger partial charge in [0.2, 0.25) is 0 Å². The predicted molar refractivity (Wildman–Crippen MR) is 64.7 cm³/mol. The number of anilines is 1. The van der Waals surface area contributed by atoms with E-state index in [1.165, 1.54) is 6.07 Å². The molecule has 0 spiro atoms. The van der Waals surface area contributed by atoms with E-state index in [4.69, 9.17) is 0 Å². The molecular formula is C14H9F3NO. The molecule has 2 nitrogen and oxygen atoms in total. The lowest BCUT2D eigenvalue weighted by atomic mass is 10.1. The fourth-order valence-electron chi connectivity index (χ4n) is 1.49. The summed E-state index contributed by atoms with van der Waals surface area (Å²) in [6.45, 7) is 0. The van der Waals surface area contributed by atoms with E-state index in [0.29, 0.717) is 5.69 Å². The molecule has 2 rings (SSSR count). The lowest BCUT2D eigenvalue weighted by Crippen LogP contribution is -2.13. The smallest absolute Gasteiger partial charge is 0.322 e. The summed E-state index contributed by atoms with van der Waals surface area (Å²) in [7, 11) is 0. The van der Waals surface area contributed by atoms with E-state index in [-0.39, 0.29) is 5.56 Å². The topological polar surface area (TPSA) is 29.1 Å². The highest BCUT2D eigenvalue weighted by atomic mass is 19.4. The van der Waals surface area contributed by atoms with Gasteiger partial charge in [-0.05, 0) is 36.4 Å². The van der Waals surface area contributed by atoms with Crippen LogP contribution in [0.4, 0.5) is 18.9 Å². The minimum atomic E-state index is -4.49. The molecule has 2 aromatic rings. The predicted octanol–water partition coefficient (Wildman–Crippen LogP) is 3.76. The highest BCUT2D eigenvalue weighted by Gasteiger charge is 2.30. The maximum atomic E-state index is 12.5. The van der Waals surface area contributed by atoms with Crippen molar-refractivity contribution in [3.05, 3.63) is 65.7 Å². The molecule has 0 atom stereocenters. The van der Waals surface area contributed by atoms with Crippen LogP contribution in [0.1, 0.15) is 15.9 Å². The third-order valence-electron chi connectivity index (χ3n) is 2.41. The van der Waals surface area contributed by atoms with Gasteiger partial charge in [-0.1, -0.05) is 18.2 Å². The lowest BCUT2D eigenvalue weighted by Gasteiger charge is -2.09. The first-order valence-electron chi connectivity index (χ1n) is 5.41. The average Bonchev–Trinajstić information content (AvgIpc) is 2.39. The van der Waals surface area contributed by atoms with Gasteiger partial charge in [0.05, 0.1) is 5.56 Å². The van der Waals surface area contributed by atoms with Crippen LogP contribution in [-0.4, -0.2) is 5.91 Å². The molecule has 0 aliphatic carbocycles. The Morgan fingerprint density at radius 2 is 1.79 bits per heavy atom. The second-order valence-electron chi connectivity index (χ2n) is 3.83. The summed E-state index contributed by atoms with van der Waals surface area (Å²) >= 11 is 0. The Labute approximate surface area is 107 Å². The number of hydrogen-bond acceptors (Lipinski definition) is 1. The van der Waals surface area contributed by atoms with Gasteiger partial charge < -0.3 is 5.32 Å². The zero-order chi connectivity index (χ0) is 13.9. The van der Waals surface area contributed by atoms with Crippen molar-refractivity contribution in [3.8, 4) is 0 Å². The Kier molecular flexibility index (Phi) is 3.55. The van der Waals surface area contributed by atoms with Crippen LogP contribution < -0.4 is 5.32 Å². The monoisotopic (exact) mass is 264 g/mol. The first kappa shape index (κ1) is 13.1. The van der Waals surface area contributed by atoms with Crippen LogP contribution >= 0.6 is 0 Å². The number of halogens is 3. The van der Waals surface area contributed by atoms with Gasteiger partial charge in [0.15, 0.2) is 0 Å². The minimum absolute atomic E-state index is 0.0846. The summed E-state index contributed by atoms with van der Waals surface area (Å²) in [5.41, 5.74) is -0.461. The molecule has 97 valence electrons. The molecule has 0 aromatic heterocycles. The van der Waals surface area contributed by atoms with Gasteiger partial charge in [-0.25, -0.2) is 0 Å². The van der Waals surface area contributed by atoms with Crippen LogP contribution in [-0.2, 0) is 6.18 Å². The van der Waals surface area contributed by atoms with Gasteiger partial charge in [0.25, 0.3) is 5.91 Å². The van der Waals surface area contributed by atoms with Crippen molar-refractivity contribution in [1.29, 1.82) is 0 Å². The summed E-state index contributed by atoms with van der Waals surface area (Å²) in [5.74, 6) is -0.603. The van der Waals surface area contributed by atoms with Crippen molar-refractivity contribution in [2.24, 2.45) is 0 Å². The maximum Gasteiger partial charge on any atom is 0.416 e. The third-order valence-corrected chi connectivity index (χ3v) is 2.41. The number of nitrogens with one attached hydrogen (secondary N) is 1. The van der Waals surface area contributed by atoms with E-state index >= 15 is 0 Å². The first-order chi connectivity index (χ1) is 8.97. The van der Waals surface area contributed by atoms with Gasteiger partial charge in [-0.15, -0.1) is 0 Å². The average molecular weight is 264 g/mol. The molecule has 1 N–H and O–H groups in total. The number of hydrogen-bond donors (Lipinski definition) is 1. The molecule has 0 aliphatic heterocycles. The van der Waals surface area contributed by atoms with Crippen LogP contribution in [0.15, 0.2) is 48.5 Å². The molecule has 5 heteroatoms. The van der Waals surface area contributed by atoms with E-state index in [2.05, 4.69) is 11.4 Å². The molecular weight excluding hydrogens is 255 g/mol. The van der Waals surface area contributed by atoms with Gasteiger partial charge in [-0.3, -0.25) is 4.79 Å². The molecule has 19 heavy (non-hydrogen) atoms. The number of para-hydroxylation sites is 1. The minimum Gasteiger partial charge on any atom is -0.322 e. The van der Waals surface area contributed by atoms with E-state index in [1.807, 2.05) is 0 Å². The summed E-state index contributed by atoms with van der Waals surface area (Å²) in [4.78, 5) is 11.8. The van der Waals surface area contributed by atoms with Gasteiger partial charge in [-0.2, -0.15) is 13.2 Å². The second kappa shape index (κ2) is 5.14. The van der Waals surface area contributed by atoms with E-state index in [1.54, 1.807) is 30.3 Å². The van der Waals surface area contributed by atoms with Crippen molar-refractivity contribution in [2.75, 3.05) is 5.32 Å². The lowest BCUT2D eigenvalue weighted by molar-refractivity contribution is -0.137. The van der Waals surface area contributed by atoms with Gasteiger partial charge in [0, 0.05) is 11.3 Å². The highest BCUT2D eigenvalue weighted by Crippen LogP contribution is 2.29. The Balaban J connectivity index is 2.20. The van der Waals surface area contributed by atoms with Gasteiger partial charge in [0.1, 0.15) is 0 Å². The molecule has 1 radical (unpaired) electrons. The molecule has 0 unspecified atom stereocenters. The molecule has 0 fully saturated rings. The Bertz CT molecular complexity index is 579. The highest BCUT2D eigenvalue weighted by molar-refractivity contribution is 6.04. The largest absolute Gasteiger partial charge is 0.416 e. The fraction of sp³-hybridized carbons (Fsp3) is 0.0714. The fourth-order valence-corrected chi connectivity index (χ4v) is 1.49. The number of amides is 1. The molecule has 0 aliphatic rings. The van der Waals surface area contributed by atoms with Crippen LogP contribution in [0.3, 0.4) is 0 Å². The Morgan fingerprint density at radius 3 is 2.42 bits per heavy atom. The third kappa shape index (κ3) is 3.34. The van der Waals surface area contributed by atoms with Crippen LogP contribution in [0.25, 0.3) is 0 Å². The number of carbonyl (C=O) groups is 1. The molecule has 0 heterocycles. The standard InChI is InChI=1S/C14H9F3NO/c15-14(16,17)11-6-4-5-10(9-11)13(19)18-12-7-2-1-3-8-12/h1-3,5-9H,(H,18,19). The first-order valence-corrected chi connectivity index (χ1v) is 5.41. The summed E-state index contributed by atoms with van der Waals surface area (Å²) < 4.78 is 37.5. The quantitative estimate of drug-likeness (QED) is 0.879. The zero-order valence-electron chi connectivity index (χ0n) is 9.66. The van der Waals surface area contributed by atoms with Crippen molar-refractivity contribution >= 4 is 11.6 Å². The zero-order valence-corrected chi connectivity index (χ0v) is 9.66. The van der Waals surface area contributed by atoms with Crippen LogP contribution in [0.2, 0.25) is 0 Å². The van der Waals surface area contributed by atoms with E-state index in [9.17, 15) is 18.0 Å². The molecule has 0 bridgehead atoms. The summed E-state index contributed by atoms with van der Waals surface area (Å²) in [5, 5.41) is 2.51. The molecule has 0 saturated carbocycles. The number of alkyl halides is 3. The molecule has 2 aromatic carbocycles. The Hall–Kier alpha value is -2.30. The summed E-state index contributed by atoms with van der Waals surface area (Å²) in [6.07, 6.45) is -4.49. The van der Waals surface area contributed by atoms with E-state index in [0.717, 1.165) is 12.1 Å². The Morgan fingerprint density at radius 1 is 1.11 bits per heavy atom. The van der Waals surface area contributed by atoms with Gasteiger partial charge >= 0.3 is 6.18 Å². The SMILES string of the molecule is O=C(Nc1ccccc1)c1c[c]cc(C(F)(F)F)c1. The van der Waals surface area contributed by atoms with Crippen molar-refractivity contribution in [3.63, 3.8) is 0 Å². The second-order valence-corrected chi connectivity index (χ2v) is 3.83. The normalized spacial score (nSPS) is 11.1. The summed E-state index contributed by atoms with van der Waals surface area (Å²) in [6, 6.07) is 13.6. The van der Waals surface area contributed by atoms with Crippen LogP contribution in [0, 0.1) is 6.07 Å². The van der Waals surface area contributed by atoms with Crippen LogP contribution in [0.5, 0.6) is 0 Å². The molecule has 0 saturated heterocycles. The van der Waals surface area contributed by atoms with Crippen molar-refractivity contribution in [2.45, 2.75) is 6.18 Å². The number of benzene rings is 2. The van der Waals surface area contributed by atoms with Crippen molar-refractivity contribution in [1.82, 2.24) is 0 Å². The van der Waals surface area contributed by atoms with E-state index < -0.39 is 17.6 Å².